The lowest BCUT2D eigenvalue weighted by Crippen LogP contribution is -2.47. The Labute approximate surface area is 114 Å². The molecule has 1 saturated heterocycles. The number of carbonyl (C=O) groups is 1. The minimum Gasteiger partial charge on any atom is -0.449 e. The van der Waals surface area contributed by atoms with Crippen LogP contribution >= 0.6 is 12.4 Å². The van der Waals surface area contributed by atoms with E-state index >= 15 is 0 Å². The summed E-state index contributed by atoms with van der Waals surface area (Å²) in [4.78, 5) is 11.4. The topological polar surface area (TPSA) is 38.3 Å². The third kappa shape index (κ3) is 2.78. The van der Waals surface area contributed by atoms with E-state index in [1.807, 2.05) is 0 Å². The van der Waals surface area contributed by atoms with Gasteiger partial charge in [-0.25, -0.2) is 4.79 Å². The minimum absolute atomic E-state index is 0. The Hall–Kier alpha value is -1.22. The standard InChI is InChI=1S/C14H19NO2.ClH/c1-9-5-6-11(10(2)7-9)12-14(3,4)8-17-13(16)15-12;/h5-7,12H,8H2,1-4H3,(H,15,16);1H/t12-;/m0./s1. The van der Waals surface area contributed by atoms with E-state index in [0.29, 0.717) is 6.61 Å². The van der Waals surface area contributed by atoms with Gasteiger partial charge in [0.2, 0.25) is 0 Å². The summed E-state index contributed by atoms with van der Waals surface area (Å²) in [7, 11) is 0. The second-order valence-corrected chi connectivity index (χ2v) is 5.50. The summed E-state index contributed by atoms with van der Waals surface area (Å²) >= 11 is 0. The SMILES string of the molecule is Cc1ccc([C@@H]2NC(=O)OCC2(C)C)c(C)c1.Cl. The van der Waals surface area contributed by atoms with Gasteiger partial charge in [-0.1, -0.05) is 37.6 Å². The van der Waals surface area contributed by atoms with Gasteiger partial charge in [0.1, 0.15) is 6.61 Å². The number of carbonyl (C=O) groups excluding carboxylic acids is 1. The van der Waals surface area contributed by atoms with Crippen LogP contribution in [0.5, 0.6) is 0 Å². The first-order valence-corrected chi connectivity index (χ1v) is 5.90. The number of aryl methyl sites for hydroxylation is 2. The van der Waals surface area contributed by atoms with E-state index < -0.39 is 0 Å². The van der Waals surface area contributed by atoms with Crippen LogP contribution in [0.3, 0.4) is 0 Å². The van der Waals surface area contributed by atoms with Crippen LogP contribution in [0.1, 0.15) is 36.6 Å². The summed E-state index contributed by atoms with van der Waals surface area (Å²) in [6.07, 6.45) is -0.325. The van der Waals surface area contributed by atoms with Gasteiger partial charge in [-0.15, -0.1) is 12.4 Å². The molecule has 1 N–H and O–H groups in total. The average molecular weight is 270 g/mol. The summed E-state index contributed by atoms with van der Waals surface area (Å²) in [5, 5.41) is 2.92. The van der Waals surface area contributed by atoms with Crippen molar-refractivity contribution in [3.8, 4) is 0 Å². The maximum Gasteiger partial charge on any atom is 0.407 e. The summed E-state index contributed by atoms with van der Waals surface area (Å²) in [6, 6.07) is 6.35. The lowest BCUT2D eigenvalue weighted by atomic mass is 9.79. The van der Waals surface area contributed by atoms with Crippen molar-refractivity contribution in [2.24, 2.45) is 5.41 Å². The highest BCUT2D eigenvalue weighted by Crippen LogP contribution is 2.37. The number of nitrogens with one attached hydrogen (secondary N) is 1. The average Bonchev–Trinajstić information content (AvgIpc) is 2.23. The van der Waals surface area contributed by atoms with E-state index in [0.717, 1.165) is 0 Å². The predicted molar refractivity (Wildman–Crippen MR) is 74.2 cm³/mol. The van der Waals surface area contributed by atoms with Crippen LogP contribution < -0.4 is 5.32 Å². The molecule has 4 heteroatoms. The lowest BCUT2D eigenvalue weighted by molar-refractivity contribution is 0.0386. The highest BCUT2D eigenvalue weighted by atomic mass is 35.5. The van der Waals surface area contributed by atoms with E-state index in [9.17, 15) is 4.79 Å². The second-order valence-electron chi connectivity index (χ2n) is 5.50. The normalized spacial score (nSPS) is 21.6. The van der Waals surface area contributed by atoms with Crippen LogP contribution in [0.15, 0.2) is 18.2 Å². The molecule has 1 heterocycles. The molecule has 0 bridgehead atoms. The van der Waals surface area contributed by atoms with Crippen LogP contribution in [0.2, 0.25) is 0 Å². The van der Waals surface area contributed by atoms with Crippen LogP contribution in [0.4, 0.5) is 4.79 Å². The maximum absolute atomic E-state index is 11.4. The molecule has 3 nitrogen and oxygen atoms in total. The van der Waals surface area contributed by atoms with Crippen molar-refractivity contribution in [2.45, 2.75) is 33.7 Å². The Morgan fingerprint density at radius 3 is 2.61 bits per heavy atom. The third-order valence-electron chi connectivity index (χ3n) is 3.36. The maximum atomic E-state index is 11.4. The molecule has 100 valence electrons. The number of cyclic esters (lactones) is 1. The van der Waals surface area contributed by atoms with Gasteiger partial charge in [0.25, 0.3) is 0 Å². The number of alkyl carbamates (subject to hydrolysis) is 1. The Kier molecular flexibility index (Phi) is 4.28. The van der Waals surface area contributed by atoms with Crippen molar-refractivity contribution < 1.29 is 9.53 Å². The van der Waals surface area contributed by atoms with Crippen LogP contribution in [0, 0.1) is 19.3 Å². The fourth-order valence-corrected chi connectivity index (χ4v) is 2.34. The number of hydrogen-bond donors (Lipinski definition) is 1. The molecule has 2 rings (SSSR count). The number of hydrogen-bond acceptors (Lipinski definition) is 2. The molecule has 0 spiro atoms. The quantitative estimate of drug-likeness (QED) is 0.847. The Balaban J connectivity index is 0.00000162. The van der Waals surface area contributed by atoms with Gasteiger partial charge in [0.15, 0.2) is 0 Å². The van der Waals surface area contributed by atoms with Crippen molar-refractivity contribution in [3.05, 3.63) is 34.9 Å². The van der Waals surface area contributed by atoms with Crippen LogP contribution in [-0.2, 0) is 4.74 Å². The van der Waals surface area contributed by atoms with Crippen molar-refractivity contribution in [2.75, 3.05) is 6.61 Å². The fourth-order valence-electron chi connectivity index (χ4n) is 2.34. The van der Waals surface area contributed by atoms with Gasteiger partial charge in [-0.2, -0.15) is 0 Å². The molecule has 0 aliphatic carbocycles. The lowest BCUT2D eigenvalue weighted by Gasteiger charge is -2.39. The number of ether oxygens (including phenoxy) is 1. The van der Waals surface area contributed by atoms with Gasteiger partial charge in [0, 0.05) is 5.41 Å². The van der Waals surface area contributed by atoms with Gasteiger partial charge in [-0.3, -0.25) is 0 Å². The number of halogens is 1. The number of rotatable bonds is 1. The Morgan fingerprint density at radius 2 is 2.00 bits per heavy atom. The molecule has 0 saturated carbocycles. The second kappa shape index (κ2) is 5.19. The molecule has 1 aromatic rings. The van der Waals surface area contributed by atoms with Crippen LogP contribution in [0.25, 0.3) is 0 Å². The molecule has 1 fully saturated rings. The van der Waals surface area contributed by atoms with Crippen molar-refractivity contribution in [1.29, 1.82) is 0 Å². The minimum atomic E-state index is -0.325. The zero-order valence-corrected chi connectivity index (χ0v) is 12.1. The van der Waals surface area contributed by atoms with Crippen molar-refractivity contribution in [3.63, 3.8) is 0 Å². The first-order chi connectivity index (χ1) is 7.90. The van der Waals surface area contributed by atoms with E-state index in [-0.39, 0.29) is 30.0 Å². The third-order valence-corrected chi connectivity index (χ3v) is 3.36. The highest BCUT2D eigenvalue weighted by molar-refractivity contribution is 5.85. The smallest absolute Gasteiger partial charge is 0.407 e. The van der Waals surface area contributed by atoms with Crippen molar-refractivity contribution in [1.82, 2.24) is 5.32 Å². The zero-order chi connectivity index (χ0) is 12.6. The van der Waals surface area contributed by atoms with Gasteiger partial charge >= 0.3 is 6.09 Å². The van der Waals surface area contributed by atoms with E-state index in [1.54, 1.807) is 0 Å². The van der Waals surface area contributed by atoms with E-state index in [1.165, 1.54) is 16.7 Å². The molecule has 18 heavy (non-hydrogen) atoms. The predicted octanol–water partition coefficient (Wildman–Crippen LogP) is 3.53. The monoisotopic (exact) mass is 269 g/mol. The van der Waals surface area contributed by atoms with Crippen LogP contribution in [-0.4, -0.2) is 12.7 Å². The van der Waals surface area contributed by atoms with Gasteiger partial charge < -0.3 is 10.1 Å². The Morgan fingerprint density at radius 1 is 1.33 bits per heavy atom. The summed E-state index contributed by atoms with van der Waals surface area (Å²) < 4.78 is 5.06. The molecule has 1 aliphatic heterocycles. The molecule has 1 amide bonds. The molecule has 0 aromatic heterocycles. The summed E-state index contributed by atoms with van der Waals surface area (Å²) in [6.45, 7) is 8.83. The van der Waals surface area contributed by atoms with Gasteiger partial charge in [-0.05, 0) is 25.0 Å². The summed E-state index contributed by atoms with van der Waals surface area (Å²) in [5.74, 6) is 0. The molecular formula is C14H20ClNO2. The fraction of sp³-hybridized carbons (Fsp3) is 0.500. The first-order valence-electron chi connectivity index (χ1n) is 5.90. The first kappa shape index (κ1) is 14.8. The molecule has 1 atom stereocenters. The largest absolute Gasteiger partial charge is 0.449 e. The molecular weight excluding hydrogens is 250 g/mol. The Bertz CT molecular complexity index is 457. The van der Waals surface area contributed by atoms with Crippen molar-refractivity contribution >= 4 is 18.5 Å². The number of benzene rings is 1. The van der Waals surface area contributed by atoms with Gasteiger partial charge in [0.05, 0.1) is 6.04 Å². The van der Waals surface area contributed by atoms with E-state index in [4.69, 9.17) is 4.74 Å². The molecule has 1 aliphatic rings. The molecule has 0 unspecified atom stereocenters. The highest BCUT2D eigenvalue weighted by Gasteiger charge is 2.38. The number of amides is 1. The molecule has 0 radical (unpaired) electrons. The van der Waals surface area contributed by atoms with E-state index in [2.05, 4.69) is 51.2 Å². The molecule has 1 aromatic carbocycles. The zero-order valence-electron chi connectivity index (χ0n) is 11.2. The summed E-state index contributed by atoms with van der Waals surface area (Å²) in [5.41, 5.74) is 3.54.